The summed E-state index contributed by atoms with van der Waals surface area (Å²) in [5.41, 5.74) is 2.04. The second kappa shape index (κ2) is 10.1. The van der Waals surface area contributed by atoms with Crippen LogP contribution in [0, 0.1) is 5.82 Å². The molecule has 0 spiro atoms. The number of halogens is 1. The zero-order valence-electron chi connectivity index (χ0n) is 18.5. The minimum atomic E-state index is -0.630. The molecule has 0 amide bonds. The summed E-state index contributed by atoms with van der Waals surface area (Å²) in [6, 6.07) is 20.9. The Bertz CT molecular complexity index is 1070. The largest absolute Gasteiger partial charge is 0.505 e. The van der Waals surface area contributed by atoms with Gasteiger partial charge in [-0.2, -0.15) is 0 Å². The lowest BCUT2D eigenvalue weighted by molar-refractivity contribution is 0.182. The van der Waals surface area contributed by atoms with Crippen LogP contribution in [0.2, 0.25) is 0 Å². The molecule has 0 aliphatic carbocycles. The highest BCUT2D eigenvalue weighted by Crippen LogP contribution is 2.54. The molecule has 2 atom stereocenters. The van der Waals surface area contributed by atoms with Gasteiger partial charge < -0.3 is 14.6 Å². The van der Waals surface area contributed by atoms with Crippen LogP contribution < -0.4 is 9.47 Å². The number of piperidine rings is 1. The van der Waals surface area contributed by atoms with Gasteiger partial charge in [0.05, 0.1) is 10.1 Å². The molecule has 1 saturated heterocycles. The second-order valence-electron chi connectivity index (χ2n) is 8.53. The van der Waals surface area contributed by atoms with Crippen LogP contribution in [0.15, 0.2) is 71.6 Å². The molecule has 0 bridgehead atoms. The number of hydrogen-bond acceptors (Lipinski definition) is 5. The molecule has 33 heavy (non-hydrogen) atoms. The standard InChI is InChI=1S/C27H28FNO3S/c28-24-22(30)13-14-23-27(24)33-26(20-7-3-1-4-8-20)25(32-23)19-9-11-21(12-10-19)31-18-17-29-15-5-2-6-16-29/h1,3-4,7-14,25-26,30H,2,5-6,15-18H2. The van der Waals surface area contributed by atoms with Crippen LogP contribution in [0.25, 0.3) is 0 Å². The summed E-state index contributed by atoms with van der Waals surface area (Å²) in [6.07, 6.45) is 3.60. The van der Waals surface area contributed by atoms with Gasteiger partial charge in [-0.1, -0.05) is 48.9 Å². The quantitative estimate of drug-likeness (QED) is 0.459. The number of phenolic OH excluding ortho intramolecular Hbond substituents is 1. The van der Waals surface area contributed by atoms with Crippen molar-refractivity contribution in [1.29, 1.82) is 0 Å². The Morgan fingerprint density at radius 1 is 0.939 bits per heavy atom. The van der Waals surface area contributed by atoms with Gasteiger partial charge in [-0.3, -0.25) is 4.90 Å². The third-order valence-electron chi connectivity index (χ3n) is 6.28. The predicted octanol–water partition coefficient (Wildman–Crippen LogP) is 6.36. The fourth-order valence-electron chi connectivity index (χ4n) is 4.48. The summed E-state index contributed by atoms with van der Waals surface area (Å²) in [5.74, 6) is 0.302. The van der Waals surface area contributed by atoms with Crippen LogP contribution in [0.3, 0.4) is 0 Å². The zero-order valence-corrected chi connectivity index (χ0v) is 19.3. The molecule has 3 aromatic carbocycles. The van der Waals surface area contributed by atoms with Crippen LogP contribution in [-0.2, 0) is 0 Å². The topological polar surface area (TPSA) is 41.9 Å². The molecule has 3 aromatic rings. The maximum atomic E-state index is 14.6. The van der Waals surface area contributed by atoms with Crippen molar-refractivity contribution in [3.63, 3.8) is 0 Å². The van der Waals surface area contributed by atoms with Crippen LogP contribution in [0.1, 0.15) is 41.7 Å². The summed E-state index contributed by atoms with van der Waals surface area (Å²) >= 11 is 1.39. The molecule has 4 nitrogen and oxygen atoms in total. The van der Waals surface area contributed by atoms with Gasteiger partial charge in [0.25, 0.3) is 0 Å². The summed E-state index contributed by atoms with van der Waals surface area (Å²) in [6.45, 7) is 3.96. The highest BCUT2D eigenvalue weighted by Gasteiger charge is 2.35. The lowest BCUT2D eigenvalue weighted by Gasteiger charge is -2.34. The minimum absolute atomic E-state index is 0.152. The van der Waals surface area contributed by atoms with Crippen molar-refractivity contribution < 1.29 is 19.0 Å². The number of hydrogen-bond donors (Lipinski definition) is 1. The highest BCUT2D eigenvalue weighted by atomic mass is 32.2. The predicted molar refractivity (Wildman–Crippen MR) is 129 cm³/mol. The third-order valence-corrected chi connectivity index (χ3v) is 7.67. The number of likely N-dealkylation sites (tertiary alicyclic amines) is 1. The Labute approximate surface area is 198 Å². The minimum Gasteiger partial charge on any atom is -0.505 e. The molecule has 2 aliphatic heterocycles. The fourth-order valence-corrected chi connectivity index (χ4v) is 5.80. The first kappa shape index (κ1) is 22.1. The molecule has 0 aromatic heterocycles. The van der Waals surface area contributed by atoms with E-state index in [1.54, 1.807) is 6.07 Å². The molecule has 1 N–H and O–H groups in total. The lowest BCUT2D eigenvalue weighted by Crippen LogP contribution is -2.33. The molecule has 0 radical (unpaired) electrons. The van der Waals surface area contributed by atoms with E-state index in [1.165, 1.54) is 50.2 Å². The number of rotatable bonds is 6. The van der Waals surface area contributed by atoms with Gasteiger partial charge in [0.15, 0.2) is 11.6 Å². The van der Waals surface area contributed by atoms with Crippen LogP contribution >= 0.6 is 11.8 Å². The fraction of sp³-hybridized carbons (Fsp3) is 0.333. The van der Waals surface area contributed by atoms with E-state index < -0.39 is 5.82 Å². The first-order valence-corrected chi connectivity index (χ1v) is 12.4. The molecule has 2 aliphatic rings. The van der Waals surface area contributed by atoms with E-state index in [2.05, 4.69) is 4.90 Å². The molecule has 0 saturated carbocycles. The van der Waals surface area contributed by atoms with Gasteiger partial charge in [-0.15, -0.1) is 11.8 Å². The first-order chi connectivity index (χ1) is 16.2. The van der Waals surface area contributed by atoms with Gasteiger partial charge in [-0.25, -0.2) is 4.39 Å². The summed E-state index contributed by atoms with van der Waals surface area (Å²) in [7, 11) is 0. The van der Waals surface area contributed by atoms with Crippen molar-refractivity contribution in [2.24, 2.45) is 0 Å². The van der Waals surface area contributed by atoms with E-state index in [0.717, 1.165) is 23.4 Å². The molecule has 2 heterocycles. The summed E-state index contributed by atoms with van der Waals surface area (Å²) in [4.78, 5) is 2.81. The Morgan fingerprint density at radius 2 is 1.70 bits per heavy atom. The van der Waals surface area contributed by atoms with E-state index >= 15 is 0 Å². The summed E-state index contributed by atoms with van der Waals surface area (Å²) < 4.78 is 26.9. The van der Waals surface area contributed by atoms with Crippen molar-refractivity contribution in [2.45, 2.75) is 35.5 Å². The average Bonchev–Trinajstić information content (AvgIpc) is 2.87. The van der Waals surface area contributed by atoms with Crippen molar-refractivity contribution >= 4 is 11.8 Å². The average molecular weight is 466 g/mol. The first-order valence-electron chi connectivity index (χ1n) is 11.5. The molecule has 6 heteroatoms. The number of fused-ring (bicyclic) bond motifs is 1. The number of nitrogens with zero attached hydrogens (tertiary/aromatic N) is 1. The molecular weight excluding hydrogens is 437 g/mol. The van der Waals surface area contributed by atoms with E-state index in [4.69, 9.17) is 9.47 Å². The molecule has 172 valence electrons. The van der Waals surface area contributed by atoms with Gasteiger partial charge in [0, 0.05) is 6.54 Å². The number of benzene rings is 3. The monoisotopic (exact) mass is 465 g/mol. The highest BCUT2D eigenvalue weighted by molar-refractivity contribution is 7.99. The van der Waals surface area contributed by atoms with Crippen molar-refractivity contribution in [2.75, 3.05) is 26.2 Å². The van der Waals surface area contributed by atoms with Crippen LogP contribution in [-0.4, -0.2) is 36.2 Å². The van der Waals surface area contributed by atoms with Crippen molar-refractivity contribution in [1.82, 2.24) is 4.90 Å². The molecule has 2 unspecified atom stereocenters. The van der Waals surface area contributed by atoms with E-state index in [9.17, 15) is 9.50 Å². The molecule has 1 fully saturated rings. The van der Waals surface area contributed by atoms with Gasteiger partial charge in [-0.05, 0) is 61.3 Å². The van der Waals surface area contributed by atoms with E-state index in [-0.39, 0.29) is 17.1 Å². The SMILES string of the molecule is Oc1ccc2c(c1F)SC(c1ccccc1)C(c1ccc(OCCN3CCCCC3)cc1)O2. The number of aromatic hydroxyl groups is 1. The van der Waals surface area contributed by atoms with E-state index in [0.29, 0.717) is 17.3 Å². The Hall–Kier alpha value is -2.70. The smallest absolute Gasteiger partial charge is 0.182 e. The Morgan fingerprint density at radius 3 is 2.45 bits per heavy atom. The summed E-state index contributed by atoms with van der Waals surface area (Å²) in [5, 5.41) is 9.69. The maximum absolute atomic E-state index is 14.6. The van der Waals surface area contributed by atoms with Gasteiger partial charge in [0.2, 0.25) is 0 Å². The molecule has 5 rings (SSSR count). The molecular formula is C27H28FNO3S. The normalized spacial score (nSPS) is 20.6. The van der Waals surface area contributed by atoms with Crippen LogP contribution in [0.5, 0.6) is 17.2 Å². The van der Waals surface area contributed by atoms with Crippen LogP contribution in [0.4, 0.5) is 4.39 Å². The second-order valence-corrected chi connectivity index (χ2v) is 9.69. The third kappa shape index (κ3) is 4.97. The lowest BCUT2D eigenvalue weighted by atomic mass is 10.00. The van der Waals surface area contributed by atoms with E-state index in [1.807, 2.05) is 54.6 Å². The number of ether oxygens (including phenoxy) is 2. The van der Waals surface area contributed by atoms with Crippen molar-refractivity contribution in [3.05, 3.63) is 83.7 Å². The van der Waals surface area contributed by atoms with Crippen molar-refractivity contribution in [3.8, 4) is 17.2 Å². The number of thioether (sulfide) groups is 1. The Balaban J connectivity index is 1.34. The maximum Gasteiger partial charge on any atom is 0.182 e. The van der Waals surface area contributed by atoms with Gasteiger partial charge in [0.1, 0.15) is 24.2 Å². The zero-order chi connectivity index (χ0) is 22.6. The van der Waals surface area contributed by atoms with Gasteiger partial charge >= 0.3 is 0 Å². The Kier molecular flexibility index (Phi) is 6.74. The number of phenols is 1.